The van der Waals surface area contributed by atoms with Crippen LogP contribution in [0.15, 0.2) is 30.3 Å². The summed E-state index contributed by atoms with van der Waals surface area (Å²) in [6.07, 6.45) is -0.746. The molecule has 110 valence electrons. The van der Waals surface area contributed by atoms with Crippen LogP contribution < -0.4 is 0 Å². The quantitative estimate of drug-likeness (QED) is 0.874. The maximum Gasteiger partial charge on any atom is 0.230 e. The fourth-order valence-corrected chi connectivity index (χ4v) is 2.76. The second-order valence-electron chi connectivity index (χ2n) is 5.65. The molecule has 4 heteroatoms. The molecule has 4 unspecified atom stereocenters. The van der Waals surface area contributed by atoms with Gasteiger partial charge in [-0.3, -0.25) is 4.79 Å². The Kier molecular flexibility index (Phi) is 4.78. The van der Waals surface area contributed by atoms with Gasteiger partial charge in [0.1, 0.15) is 0 Å². The second-order valence-corrected chi connectivity index (χ2v) is 5.65. The van der Waals surface area contributed by atoms with Crippen molar-refractivity contribution in [2.45, 2.75) is 38.4 Å². The minimum Gasteiger partial charge on any atom is -0.388 e. The Hall–Kier alpha value is -1.39. The summed E-state index contributed by atoms with van der Waals surface area (Å²) < 4.78 is 0. The van der Waals surface area contributed by atoms with Crippen molar-refractivity contribution < 1.29 is 15.0 Å². The van der Waals surface area contributed by atoms with Gasteiger partial charge in [0, 0.05) is 13.1 Å². The second kappa shape index (κ2) is 6.37. The molecule has 1 saturated heterocycles. The highest BCUT2D eigenvalue weighted by Gasteiger charge is 2.37. The number of carbonyl (C=O) groups is 1. The lowest BCUT2D eigenvalue weighted by molar-refractivity contribution is -0.133. The van der Waals surface area contributed by atoms with Crippen molar-refractivity contribution in [2.75, 3.05) is 13.1 Å². The summed E-state index contributed by atoms with van der Waals surface area (Å²) in [5.41, 5.74) is 1.00. The first-order valence-electron chi connectivity index (χ1n) is 7.24. The van der Waals surface area contributed by atoms with E-state index in [1.165, 1.54) is 0 Å². The summed E-state index contributed by atoms with van der Waals surface area (Å²) in [6.45, 7) is 4.58. The molecule has 1 amide bonds. The molecule has 0 spiro atoms. The maximum atomic E-state index is 12.7. The Morgan fingerprint density at radius 1 is 1.25 bits per heavy atom. The van der Waals surface area contributed by atoms with E-state index in [4.69, 9.17) is 0 Å². The molecule has 4 atom stereocenters. The Morgan fingerprint density at radius 3 is 2.30 bits per heavy atom. The molecule has 4 nitrogen and oxygen atoms in total. The number of hydrogen-bond donors (Lipinski definition) is 2. The molecule has 1 aliphatic rings. The summed E-state index contributed by atoms with van der Waals surface area (Å²) in [7, 11) is 0. The van der Waals surface area contributed by atoms with Gasteiger partial charge in [-0.1, -0.05) is 50.6 Å². The molecule has 20 heavy (non-hydrogen) atoms. The molecule has 2 N–H and O–H groups in total. The number of aliphatic hydroxyl groups is 2. The van der Waals surface area contributed by atoms with Crippen LogP contribution >= 0.6 is 0 Å². The van der Waals surface area contributed by atoms with Gasteiger partial charge in [-0.2, -0.15) is 0 Å². The predicted molar refractivity (Wildman–Crippen MR) is 77.2 cm³/mol. The summed E-state index contributed by atoms with van der Waals surface area (Å²) in [5, 5.41) is 19.2. The fourth-order valence-electron chi connectivity index (χ4n) is 2.76. The van der Waals surface area contributed by atoms with Crippen LogP contribution in [-0.4, -0.2) is 46.3 Å². The van der Waals surface area contributed by atoms with E-state index in [2.05, 4.69) is 13.8 Å². The number of amides is 1. The number of β-amino-alcohol motifs (C(OH)–C–C–N with tert-alkyl or cyclic N) is 2. The number of nitrogens with zero attached hydrogens (tertiary/aromatic N) is 1. The average Bonchev–Trinajstić information content (AvgIpc) is 2.80. The summed E-state index contributed by atoms with van der Waals surface area (Å²) in [5.74, 6) is 0.0136. The molecular formula is C16H23NO3. The highest BCUT2D eigenvalue weighted by atomic mass is 16.3. The standard InChI is InChI=1S/C16H23NO3/c1-3-11(2)15(12-7-5-4-6-8-12)16(20)17-9-13(18)14(19)10-17/h4-8,11,13-15,18-19H,3,9-10H2,1-2H3. The van der Waals surface area contributed by atoms with E-state index in [1.807, 2.05) is 30.3 Å². The first-order chi connectivity index (χ1) is 9.54. The number of rotatable bonds is 4. The van der Waals surface area contributed by atoms with Gasteiger partial charge in [-0.15, -0.1) is 0 Å². The molecule has 1 aromatic carbocycles. The number of carbonyl (C=O) groups excluding carboxylic acids is 1. The van der Waals surface area contributed by atoms with Crippen LogP contribution in [0.4, 0.5) is 0 Å². The Morgan fingerprint density at radius 2 is 1.80 bits per heavy atom. The van der Waals surface area contributed by atoms with Gasteiger partial charge in [0.15, 0.2) is 0 Å². The van der Waals surface area contributed by atoms with E-state index in [-0.39, 0.29) is 30.8 Å². The molecule has 0 aromatic heterocycles. The highest BCUT2D eigenvalue weighted by Crippen LogP contribution is 2.30. The van der Waals surface area contributed by atoms with E-state index in [1.54, 1.807) is 4.90 Å². The van der Waals surface area contributed by atoms with Crippen molar-refractivity contribution in [1.29, 1.82) is 0 Å². The Bertz CT molecular complexity index is 438. The van der Waals surface area contributed by atoms with Crippen molar-refractivity contribution in [3.63, 3.8) is 0 Å². The zero-order valence-corrected chi connectivity index (χ0v) is 12.1. The van der Waals surface area contributed by atoms with E-state index in [0.29, 0.717) is 0 Å². The van der Waals surface area contributed by atoms with Crippen LogP contribution in [0, 0.1) is 5.92 Å². The van der Waals surface area contributed by atoms with Gasteiger partial charge in [0.05, 0.1) is 18.1 Å². The Balaban J connectivity index is 2.22. The molecule has 1 heterocycles. The zero-order valence-electron chi connectivity index (χ0n) is 12.1. The van der Waals surface area contributed by atoms with Crippen LogP contribution in [0.3, 0.4) is 0 Å². The molecule has 1 fully saturated rings. The molecular weight excluding hydrogens is 254 g/mol. The van der Waals surface area contributed by atoms with Crippen LogP contribution in [0.2, 0.25) is 0 Å². The normalized spacial score (nSPS) is 25.5. The first kappa shape index (κ1) is 15.0. The average molecular weight is 277 g/mol. The summed E-state index contributed by atoms with van der Waals surface area (Å²) in [6, 6.07) is 9.75. The van der Waals surface area contributed by atoms with Crippen molar-refractivity contribution in [3.8, 4) is 0 Å². The maximum absolute atomic E-state index is 12.7. The Labute approximate surface area is 120 Å². The van der Waals surface area contributed by atoms with Gasteiger partial charge in [0.2, 0.25) is 5.91 Å². The predicted octanol–water partition coefficient (Wildman–Crippen LogP) is 1.38. The third kappa shape index (κ3) is 3.02. The summed E-state index contributed by atoms with van der Waals surface area (Å²) >= 11 is 0. The number of likely N-dealkylation sites (tertiary alicyclic amines) is 1. The van der Waals surface area contributed by atoms with Gasteiger partial charge in [-0.05, 0) is 11.5 Å². The lowest BCUT2D eigenvalue weighted by Crippen LogP contribution is -2.36. The topological polar surface area (TPSA) is 60.8 Å². The van der Waals surface area contributed by atoms with Crippen molar-refractivity contribution in [3.05, 3.63) is 35.9 Å². The fraction of sp³-hybridized carbons (Fsp3) is 0.562. The monoisotopic (exact) mass is 277 g/mol. The van der Waals surface area contributed by atoms with E-state index in [0.717, 1.165) is 12.0 Å². The van der Waals surface area contributed by atoms with E-state index >= 15 is 0 Å². The van der Waals surface area contributed by atoms with E-state index < -0.39 is 12.2 Å². The largest absolute Gasteiger partial charge is 0.388 e. The van der Waals surface area contributed by atoms with Gasteiger partial charge in [0.25, 0.3) is 0 Å². The van der Waals surface area contributed by atoms with Gasteiger partial charge in [-0.25, -0.2) is 0 Å². The van der Waals surface area contributed by atoms with Crippen LogP contribution in [-0.2, 0) is 4.79 Å². The SMILES string of the molecule is CCC(C)C(C(=O)N1CC(O)C(O)C1)c1ccccc1. The van der Waals surface area contributed by atoms with Gasteiger partial charge < -0.3 is 15.1 Å². The van der Waals surface area contributed by atoms with Gasteiger partial charge >= 0.3 is 0 Å². The minimum atomic E-state index is -0.827. The van der Waals surface area contributed by atoms with Crippen LogP contribution in [0.1, 0.15) is 31.7 Å². The molecule has 0 radical (unpaired) electrons. The zero-order chi connectivity index (χ0) is 14.7. The minimum absolute atomic E-state index is 0.00106. The molecule has 2 rings (SSSR count). The smallest absolute Gasteiger partial charge is 0.230 e. The third-order valence-electron chi connectivity index (χ3n) is 4.21. The van der Waals surface area contributed by atoms with Crippen molar-refractivity contribution >= 4 is 5.91 Å². The molecule has 1 aromatic rings. The van der Waals surface area contributed by atoms with Crippen molar-refractivity contribution in [2.24, 2.45) is 5.92 Å². The molecule has 1 aliphatic heterocycles. The first-order valence-corrected chi connectivity index (χ1v) is 7.24. The highest BCUT2D eigenvalue weighted by molar-refractivity contribution is 5.84. The number of benzene rings is 1. The van der Waals surface area contributed by atoms with Crippen LogP contribution in [0.5, 0.6) is 0 Å². The number of aliphatic hydroxyl groups excluding tert-OH is 2. The lowest BCUT2D eigenvalue weighted by Gasteiger charge is -2.27. The lowest BCUT2D eigenvalue weighted by atomic mass is 9.84. The summed E-state index contributed by atoms with van der Waals surface area (Å²) in [4.78, 5) is 14.3. The van der Waals surface area contributed by atoms with E-state index in [9.17, 15) is 15.0 Å². The molecule has 0 saturated carbocycles. The van der Waals surface area contributed by atoms with Crippen molar-refractivity contribution in [1.82, 2.24) is 4.90 Å². The third-order valence-corrected chi connectivity index (χ3v) is 4.21. The molecule has 0 bridgehead atoms. The molecule has 0 aliphatic carbocycles. The number of hydrogen-bond acceptors (Lipinski definition) is 3. The van der Waals surface area contributed by atoms with Crippen LogP contribution in [0.25, 0.3) is 0 Å².